The van der Waals surface area contributed by atoms with Crippen molar-refractivity contribution in [3.8, 4) is 0 Å². The van der Waals surface area contributed by atoms with Crippen LogP contribution in [-0.2, 0) is 11.3 Å². The molecule has 0 amide bonds. The first-order valence-electron chi connectivity index (χ1n) is 6.51. The molecule has 1 heterocycles. The summed E-state index contributed by atoms with van der Waals surface area (Å²) in [5.74, 6) is 0. The highest BCUT2D eigenvalue weighted by Gasteiger charge is 2.30. The van der Waals surface area contributed by atoms with Crippen LogP contribution in [0.25, 0.3) is 0 Å². The molecule has 1 saturated heterocycles. The van der Waals surface area contributed by atoms with Gasteiger partial charge >= 0.3 is 0 Å². The molecule has 1 aromatic carbocycles. The molecular formula is C14H21BrN2O2. The predicted molar refractivity (Wildman–Crippen MR) is 79.9 cm³/mol. The summed E-state index contributed by atoms with van der Waals surface area (Å²) >= 11 is 3.40. The lowest BCUT2D eigenvalue weighted by molar-refractivity contribution is -0.0777. The van der Waals surface area contributed by atoms with Crippen molar-refractivity contribution >= 4 is 21.6 Å². The fraction of sp³-hybridized carbons (Fsp3) is 0.571. The van der Waals surface area contributed by atoms with Gasteiger partial charge in [-0.15, -0.1) is 0 Å². The summed E-state index contributed by atoms with van der Waals surface area (Å²) in [6, 6.07) is 5.92. The van der Waals surface area contributed by atoms with E-state index in [1.807, 2.05) is 25.2 Å². The number of ether oxygens (including phenoxy) is 1. The van der Waals surface area contributed by atoms with Crippen molar-refractivity contribution in [3.63, 3.8) is 0 Å². The van der Waals surface area contributed by atoms with Crippen LogP contribution in [0.2, 0.25) is 0 Å². The first-order chi connectivity index (χ1) is 8.98. The van der Waals surface area contributed by atoms with Gasteiger partial charge in [0.1, 0.15) is 0 Å². The molecule has 0 aliphatic carbocycles. The molecule has 4 nitrogen and oxygen atoms in total. The van der Waals surface area contributed by atoms with Gasteiger partial charge in [-0.2, -0.15) is 0 Å². The Balaban J connectivity index is 1.95. The lowest BCUT2D eigenvalue weighted by Crippen LogP contribution is -2.45. The number of likely N-dealkylation sites (N-methyl/N-ethyl adjacent to an activating group) is 1. The molecule has 0 bridgehead atoms. The normalized spacial score (nSPS) is 18.7. The zero-order valence-electron chi connectivity index (χ0n) is 11.2. The van der Waals surface area contributed by atoms with Gasteiger partial charge in [-0.3, -0.25) is 4.90 Å². The Morgan fingerprint density at radius 2 is 2.11 bits per heavy atom. The topological polar surface area (TPSA) is 58.7 Å². The molecule has 0 unspecified atom stereocenters. The van der Waals surface area contributed by atoms with Crippen LogP contribution >= 0.6 is 15.9 Å². The standard InChI is InChI=1S/C14H21BrN2O2/c1-17(10-14(18)4-6-19-7-5-14)9-11-2-3-12(15)8-13(11)16/h2-3,8,18H,4-7,9-10,16H2,1H3. The van der Waals surface area contributed by atoms with Crippen molar-refractivity contribution in [1.82, 2.24) is 4.90 Å². The Labute approximate surface area is 122 Å². The second-order valence-electron chi connectivity index (χ2n) is 5.35. The van der Waals surface area contributed by atoms with Crippen LogP contribution in [0.5, 0.6) is 0 Å². The predicted octanol–water partition coefficient (Wildman–Crippen LogP) is 2.00. The second kappa shape index (κ2) is 6.22. The maximum absolute atomic E-state index is 10.5. The summed E-state index contributed by atoms with van der Waals surface area (Å²) in [5, 5.41) is 10.5. The molecule has 19 heavy (non-hydrogen) atoms. The highest BCUT2D eigenvalue weighted by molar-refractivity contribution is 9.10. The van der Waals surface area contributed by atoms with Gasteiger partial charge < -0.3 is 15.6 Å². The van der Waals surface area contributed by atoms with Crippen LogP contribution in [0.3, 0.4) is 0 Å². The summed E-state index contributed by atoms with van der Waals surface area (Å²) in [4.78, 5) is 2.12. The first kappa shape index (κ1) is 14.8. The maximum atomic E-state index is 10.5. The lowest BCUT2D eigenvalue weighted by Gasteiger charge is -2.35. The van der Waals surface area contributed by atoms with Crippen LogP contribution in [0.15, 0.2) is 22.7 Å². The Bertz CT molecular complexity index is 433. The number of halogens is 1. The van der Waals surface area contributed by atoms with Crippen molar-refractivity contribution in [2.45, 2.75) is 25.0 Å². The summed E-state index contributed by atoms with van der Waals surface area (Å²) in [7, 11) is 2.01. The van der Waals surface area contributed by atoms with E-state index in [0.29, 0.717) is 32.6 Å². The third-order valence-electron chi connectivity index (χ3n) is 3.54. The molecule has 2 rings (SSSR count). The zero-order chi connectivity index (χ0) is 13.9. The van der Waals surface area contributed by atoms with E-state index >= 15 is 0 Å². The monoisotopic (exact) mass is 328 g/mol. The molecule has 1 aliphatic rings. The highest BCUT2D eigenvalue weighted by atomic mass is 79.9. The van der Waals surface area contributed by atoms with Crippen LogP contribution in [0.1, 0.15) is 18.4 Å². The first-order valence-corrected chi connectivity index (χ1v) is 7.30. The third kappa shape index (κ3) is 4.18. The number of nitrogens with zero attached hydrogens (tertiary/aromatic N) is 1. The average molecular weight is 329 g/mol. The van der Waals surface area contributed by atoms with Gasteiger partial charge in [0.2, 0.25) is 0 Å². The highest BCUT2D eigenvalue weighted by Crippen LogP contribution is 2.24. The summed E-state index contributed by atoms with van der Waals surface area (Å²) < 4.78 is 6.28. The number of nitrogen functional groups attached to an aromatic ring is 1. The summed E-state index contributed by atoms with van der Waals surface area (Å²) in [5.41, 5.74) is 7.23. The molecule has 1 fully saturated rings. The number of hydrogen-bond acceptors (Lipinski definition) is 4. The fourth-order valence-electron chi connectivity index (χ4n) is 2.47. The SMILES string of the molecule is CN(Cc1ccc(Br)cc1N)CC1(O)CCOCC1. The zero-order valence-corrected chi connectivity index (χ0v) is 12.8. The van der Waals surface area contributed by atoms with E-state index in [4.69, 9.17) is 10.5 Å². The summed E-state index contributed by atoms with van der Waals surface area (Å²) in [6.07, 6.45) is 1.40. The van der Waals surface area contributed by atoms with Gasteiger partial charge in [0.15, 0.2) is 0 Å². The molecular weight excluding hydrogens is 308 g/mol. The minimum atomic E-state index is -0.628. The number of hydrogen-bond donors (Lipinski definition) is 2. The van der Waals surface area contributed by atoms with E-state index in [1.54, 1.807) is 0 Å². The molecule has 0 atom stereocenters. The minimum absolute atomic E-state index is 0.628. The number of anilines is 1. The maximum Gasteiger partial charge on any atom is 0.0817 e. The number of aliphatic hydroxyl groups is 1. The van der Waals surface area contributed by atoms with E-state index in [9.17, 15) is 5.11 Å². The van der Waals surface area contributed by atoms with Crippen LogP contribution in [0, 0.1) is 0 Å². The largest absolute Gasteiger partial charge is 0.398 e. The Morgan fingerprint density at radius 3 is 2.74 bits per heavy atom. The second-order valence-corrected chi connectivity index (χ2v) is 6.27. The molecule has 3 N–H and O–H groups in total. The van der Waals surface area contributed by atoms with Crippen molar-refractivity contribution in [2.75, 3.05) is 32.5 Å². The Kier molecular flexibility index (Phi) is 4.84. The molecule has 0 spiro atoms. The van der Waals surface area contributed by atoms with E-state index in [0.717, 1.165) is 22.3 Å². The van der Waals surface area contributed by atoms with Gasteiger partial charge in [0.05, 0.1) is 5.60 Å². The van der Waals surface area contributed by atoms with Gasteiger partial charge in [-0.25, -0.2) is 0 Å². The van der Waals surface area contributed by atoms with E-state index in [1.165, 1.54) is 0 Å². The molecule has 0 saturated carbocycles. The third-order valence-corrected chi connectivity index (χ3v) is 4.03. The lowest BCUT2D eigenvalue weighted by atomic mass is 9.94. The van der Waals surface area contributed by atoms with Crippen molar-refractivity contribution in [3.05, 3.63) is 28.2 Å². The van der Waals surface area contributed by atoms with Gasteiger partial charge in [-0.1, -0.05) is 22.0 Å². The van der Waals surface area contributed by atoms with Crippen LogP contribution < -0.4 is 5.73 Å². The Hall–Kier alpha value is -0.620. The number of nitrogens with two attached hydrogens (primary N) is 1. The van der Waals surface area contributed by atoms with Crippen molar-refractivity contribution < 1.29 is 9.84 Å². The Morgan fingerprint density at radius 1 is 1.42 bits per heavy atom. The molecule has 1 aliphatic heterocycles. The van der Waals surface area contributed by atoms with E-state index in [2.05, 4.69) is 20.8 Å². The van der Waals surface area contributed by atoms with Crippen LogP contribution in [0.4, 0.5) is 5.69 Å². The van der Waals surface area contributed by atoms with Gasteiger partial charge in [-0.05, 0) is 24.7 Å². The van der Waals surface area contributed by atoms with Crippen molar-refractivity contribution in [2.24, 2.45) is 0 Å². The number of rotatable bonds is 4. The molecule has 106 valence electrons. The van der Waals surface area contributed by atoms with Crippen LogP contribution in [-0.4, -0.2) is 42.4 Å². The number of benzene rings is 1. The quantitative estimate of drug-likeness (QED) is 0.830. The molecule has 0 radical (unpaired) electrons. The average Bonchev–Trinajstić information content (AvgIpc) is 2.33. The molecule has 0 aromatic heterocycles. The smallest absolute Gasteiger partial charge is 0.0817 e. The fourth-order valence-corrected chi connectivity index (χ4v) is 2.85. The van der Waals surface area contributed by atoms with Crippen molar-refractivity contribution in [1.29, 1.82) is 0 Å². The summed E-state index contributed by atoms with van der Waals surface area (Å²) in [6.45, 7) is 2.67. The van der Waals surface area contributed by atoms with E-state index in [-0.39, 0.29) is 0 Å². The minimum Gasteiger partial charge on any atom is -0.398 e. The van der Waals surface area contributed by atoms with Gasteiger partial charge in [0, 0.05) is 49.3 Å². The molecule has 1 aromatic rings. The van der Waals surface area contributed by atoms with E-state index < -0.39 is 5.60 Å². The van der Waals surface area contributed by atoms with Gasteiger partial charge in [0.25, 0.3) is 0 Å². The molecule has 5 heteroatoms.